The highest BCUT2D eigenvalue weighted by Gasteiger charge is 2.16. The van der Waals surface area contributed by atoms with E-state index in [1.165, 1.54) is 32.5 Å². The minimum atomic E-state index is -0.645. The van der Waals surface area contributed by atoms with Crippen molar-refractivity contribution in [1.29, 1.82) is 5.26 Å². The van der Waals surface area contributed by atoms with Gasteiger partial charge in [-0.05, 0) is 65.7 Å². The second-order valence-corrected chi connectivity index (χ2v) is 5.84. The largest absolute Gasteiger partial charge is 0.314 e. The van der Waals surface area contributed by atoms with Crippen LogP contribution < -0.4 is 5.73 Å². The van der Waals surface area contributed by atoms with Gasteiger partial charge < -0.3 is 15.5 Å². The van der Waals surface area contributed by atoms with E-state index in [-0.39, 0.29) is 0 Å². The normalized spacial score (nSPS) is 19.9. The Morgan fingerprint density at radius 2 is 1.94 bits per heavy atom. The maximum atomic E-state index is 8.82. The Morgan fingerprint density at radius 1 is 1.28 bits per heavy atom. The summed E-state index contributed by atoms with van der Waals surface area (Å²) in [6, 6.07) is 2.15. The molecule has 1 heterocycles. The van der Waals surface area contributed by atoms with Crippen LogP contribution in [-0.4, -0.2) is 55.1 Å². The molecule has 1 aliphatic rings. The van der Waals surface area contributed by atoms with Gasteiger partial charge >= 0.3 is 0 Å². The molecule has 0 spiro atoms. The van der Waals surface area contributed by atoms with Crippen LogP contribution in [0.1, 0.15) is 39.0 Å². The van der Waals surface area contributed by atoms with E-state index in [1.54, 1.807) is 0 Å². The van der Waals surface area contributed by atoms with Crippen LogP contribution in [0.3, 0.4) is 0 Å². The highest BCUT2D eigenvalue weighted by atomic mass is 15.2. The fourth-order valence-electron chi connectivity index (χ4n) is 2.36. The monoisotopic (exact) mass is 252 g/mol. The average molecular weight is 252 g/mol. The van der Waals surface area contributed by atoms with Crippen LogP contribution in [0.2, 0.25) is 0 Å². The fourth-order valence-corrected chi connectivity index (χ4v) is 2.36. The minimum Gasteiger partial charge on any atom is -0.314 e. The van der Waals surface area contributed by atoms with Crippen LogP contribution in [0.4, 0.5) is 0 Å². The Balaban J connectivity index is 1.99. The lowest BCUT2D eigenvalue weighted by molar-refractivity contribution is 0.252. The van der Waals surface area contributed by atoms with Crippen molar-refractivity contribution in [2.75, 3.05) is 39.8 Å². The Labute approximate surface area is 112 Å². The van der Waals surface area contributed by atoms with E-state index >= 15 is 0 Å². The van der Waals surface area contributed by atoms with Crippen LogP contribution in [0.25, 0.3) is 0 Å². The molecule has 2 N–H and O–H groups in total. The van der Waals surface area contributed by atoms with Gasteiger partial charge in [0.05, 0.1) is 6.07 Å². The molecule has 0 amide bonds. The zero-order valence-electron chi connectivity index (χ0n) is 12.0. The summed E-state index contributed by atoms with van der Waals surface area (Å²) in [6.45, 7) is 7.82. The van der Waals surface area contributed by atoms with Gasteiger partial charge in [0.25, 0.3) is 0 Å². The Hall–Kier alpha value is -0.630. The summed E-state index contributed by atoms with van der Waals surface area (Å²) >= 11 is 0. The van der Waals surface area contributed by atoms with Crippen molar-refractivity contribution >= 4 is 0 Å². The fraction of sp³-hybridized carbons (Fsp3) is 0.929. The first kappa shape index (κ1) is 15.4. The molecule has 18 heavy (non-hydrogen) atoms. The SMILES string of the molecule is CN(CCCCC(C)(N)C#N)CCN1CCCC1. The summed E-state index contributed by atoms with van der Waals surface area (Å²) in [4.78, 5) is 4.93. The number of likely N-dealkylation sites (N-methyl/N-ethyl adjacent to an activating group) is 1. The van der Waals surface area contributed by atoms with E-state index in [0.717, 1.165) is 32.4 Å². The van der Waals surface area contributed by atoms with Crippen molar-refractivity contribution in [3.8, 4) is 6.07 Å². The molecule has 1 saturated heterocycles. The van der Waals surface area contributed by atoms with Gasteiger partial charge in [-0.3, -0.25) is 0 Å². The van der Waals surface area contributed by atoms with E-state index in [9.17, 15) is 0 Å². The van der Waals surface area contributed by atoms with Gasteiger partial charge in [-0.15, -0.1) is 0 Å². The average Bonchev–Trinajstić information content (AvgIpc) is 2.85. The lowest BCUT2D eigenvalue weighted by Gasteiger charge is -2.21. The number of likely N-dealkylation sites (tertiary alicyclic amines) is 1. The molecule has 0 radical (unpaired) electrons. The predicted molar refractivity (Wildman–Crippen MR) is 75.2 cm³/mol. The van der Waals surface area contributed by atoms with E-state index in [4.69, 9.17) is 11.0 Å². The summed E-state index contributed by atoms with van der Waals surface area (Å²) in [6.07, 6.45) is 5.70. The molecule has 0 aromatic heterocycles. The molecule has 1 rings (SSSR count). The third-order valence-electron chi connectivity index (χ3n) is 3.74. The number of unbranched alkanes of at least 4 members (excludes halogenated alkanes) is 1. The smallest absolute Gasteiger partial charge is 0.101 e. The maximum absolute atomic E-state index is 8.82. The molecule has 0 aliphatic carbocycles. The molecule has 104 valence electrons. The highest BCUT2D eigenvalue weighted by Crippen LogP contribution is 2.10. The number of hydrogen-bond donors (Lipinski definition) is 1. The van der Waals surface area contributed by atoms with Gasteiger partial charge in [-0.1, -0.05) is 0 Å². The second kappa shape index (κ2) is 7.73. The summed E-state index contributed by atoms with van der Waals surface area (Å²) in [5.41, 5.74) is 5.15. The Bertz CT molecular complexity index is 263. The van der Waals surface area contributed by atoms with Crippen molar-refractivity contribution in [3.63, 3.8) is 0 Å². The molecule has 1 fully saturated rings. The molecule has 1 unspecified atom stereocenters. The number of nitrogens with zero attached hydrogens (tertiary/aromatic N) is 3. The van der Waals surface area contributed by atoms with Crippen molar-refractivity contribution < 1.29 is 0 Å². The number of hydrogen-bond acceptors (Lipinski definition) is 4. The number of rotatable bonds is 8. The molecule has 0 aromatic rings. The third-order valence-corrected chi connectivity index (χ3v) is 3.74. The van der Waals surface area contributed by atoms with Crippen LogP contribution in [-0.2, 0) is 0 Å². The van der Waals surface area contributed by atoms with Crippen molar-refractivity contribution in [2.24, 2.45) is 5.73 Å². The van der Waals surface area contributed by atoms with Crippen LogP contribution >= 0.6 is 0 Å². The quantitative estimate of drug-likeness (QED) is 0.664. The third kappa shape index (κ3) is 6.34. The zero-order chi connectivity index (χ0) is 13.4. The Kier molecular flexibility index (Phi) is 6.62. The predicted octanol–water partition coefficient (Wildman–Crippen LogP) is 1.43. The molecular formula is C14H28N4. The molecular weight excluding hydrogens is 224 g/mol. The first-order valence-corrected chi connectivity index (χ1v) is 7.14. The maximum Gasteiger partial charge on any atom is 0.101 e. The lowest BCUT2D eigenvalue weighted by atomic mass is 9.98. The van der Waals surface area contributed by atoms with Crippen molar-refractivity contribution in [2.45, 2.75) is 44.6 Å². The van der Waals surface area contributed by atoms with Crippen LogP contribution in [0, 0.1) is 11.3 Å². The van der Waals surface area contributed by atoms with Gasteiger partial charge in [0.1, 0.15) is 5.54 Å². The van der Waals surface area contributed by atoms with Gasteiger partial charge in [-0.25, -0.2) is 0 Å². The molecule has 4 nitrogen and oxygen atoms in total. The first-order valence-electron chi connectivity index (χ1n) is 7.14. The zero-order valence-corrected chi connectivity index (χ0v) is 12.0. The molecule has 0 bridgehead atoms. The topological polar surface area (TPSA) is 56.3 Å². The summed E-state index contributed by atoms with van der Waals surface area (Å²) in [5.74, 6) is 0. The summed E-state index contributed by atoms with van der Waals surface area (Å²) < 4.78 is 0. The number of nitrogens with two attached hydrogens (primary N) is 1. The molecule has 0 saturated carbocycles. The molecule has 1 aliphatic heterocycles. The van der Waals surface area contributed by atoms with Crippen molar-refractivity contribution in [3.05, 3.63) is 0 Å². The van der Waals surface area contributed by atoms with Gasteiger partial charge in [0.2, 0.25) is 0 Å². The van der Waals surface area contributed by atoms with Crippen LogP contribution in [0.15, 0.2) is 0 Å². The van der Waals surface area contributed by atoms with E-state index < -0.39 is 5.54 Å². The van der Waals surface area contributed by atoms with Gasteiger partial charge in [0.15, 0.2) is 0 Å². The minimum absolute atomic E-state index is 0.645. The van der Waals surface area contributed by atoms with Gasteiger partial charge in [-0.2, -0.15) is 5.26 Å². The van der Waals surface area contributed by atoms with Gasteiger partial charge in [0, 0.05) is 13.1 Å². The molecule has 1 atom stereocenters. The first-order chi connectivity index (χ1) is 8.53. The highest BCUT2D eigenvalue weighted by molar-refractivity contribution is 5.00. The van der Waals surface area contributed by atoms with Crippen LogP contribution in [0.5, 0.6) is 0 Å². The second-order valence-electron chi connectivity index (χ2n) is 5.84. The van der Waals surface area contributed by atoms with E-state index in [0.29, 0.717) is 0 Å². The summed E-state index contributed by atoms with van der Waals surface area (Å²) in [5, 5.41) is 8.82. The Morgan fingerprint density at radius 3 is 2.56 bits per heavy atom. The van der Waals surface area contributed by atoms with E-state index in [2.05, 4.69) is 22.9 Å². The van der Waals surface area contributed by atoms with E-state index in [1.807, 2.05) is 6.92 Å². The standard InChI is InChI=1S/C14H28N4/c1-14(16,13-15)7-3-4-8-17(2)11-12-18-9-5-6-10-18/h3-12,16H2,1-2H3. The molecule has 0 aromatic carbocycles. The number of nitriles is 1. The molecule has 4 heteroatoms. The summed E-state index contributed by atoms with van der Waals surface area (Å²) in [7, 11) is 2.18. The lowest BCUT2D eigenvalue weighted by Crippen LogP contribution is -2.34. The van der Waals surface area contributed by atoms with Crippen molar-refractivity contribution in [1.82, 2.24) is 9.80 Å².